The second-order valence-corrected chi connectivity index (χ2v) is 5.65. The van der Waals surface area contributed by atoms with Crippen LogP contribution in [0.3, 0.4) is 0 Å². The van der Waals surface area contributed by atoms with E-state index in [1.807, 2.05) is 55.5 Å². The van der Waals surface area contributed by atoms with E-state index < -0.39 is 0 Å². The zero-order chi connectivity index (χ0) is 15.4. The molecule has 22 heavy (non-hydrogen) atoms. The van der Waals surface area contributed by atoms with Crippen molar-refractivity contribution in [2.45, 2.75) is 13.3 Å². The van der Waals surface area contributed by atoms with Crippen molar-refractivity contribution in [1.29, 1.82) is 0 Å². The Hall–Kier alpha value is -2.32. The second-order valence-electron chi connectivity index (χ2n) is 5.22. The zero-order valence-electron chi connectivity index (χ0n) is 12.3. The van der Waals surface area contributed by atoms with E-state index in [0.717, 1.165) is 34.0 Å². The minimum Gasteiger partial charge on any atom is -0.356 e. The molecule has 0 unspecified atom stereocenters. The van der Waals surface area contributed by atoms with E-state index in [-0.39, 0.29) is 0 Å². The molecule has 0 aliphatic carbocycles. The van der Waals surface area contributed by atoms with Gasteiger partial charge in [0.05, 0.1) is 5.69 Å². The molecule has 0 N–H and O–H groups in total. The largest absolute Gasteiger partial charge is 0.356 e. The topological polar surface area (TPSA) is 26.0 Å². The minimum absolute atomic E-state index is 0.734. The normalized spacial score (nSPS) is 11.6. The van der Waals surface area contributed by atoms with Gasteiger partial charge in [-0.1, -0.05) is 59.2 Å². The standard InChI is InChI=1S/C19H16ClNO/c1-14-11-19(22-21-14)17(12-15-5-3-2-4-6-15)13-16-7-9-18(20)10-8-16/h2-11,13H,12H2,1H3/b17-13+. The van der Waals surface area contributed by atoms with E-state index >= 15 is 0 Å². The Morgan fingerprint density at radius 2 is 1.82 bits per heavy atom. The SMILES string of the molecule is Cc1cc(/C(=C/c2ccc(Cl)cc2)Cc2ccccc2)on1. The van der Waals surface area contributed by atoms with Crippen LogP contribution in [0.1, 0.15) is 22.6 Å². The van der Waals surface area contributed by atoms with Crippen LogP contribution in [0.4, 0.5) is 0 Å². The summed E-state index contributed by atoms with van der Waals surface area (Å²) in [5.74, 6) is 0.802. The van der Waals surface area contributed by atoms with Gasteiger partial charge in [0.15, 0.2) is 5.76 Å². The van der Waals surface area contributed by atoms with Crippen molar-refractivity contribution in [1.82, 2.24) is 5.16 Å². The Kier molecular flexibility index (Phi) is 4.40. The van der Waals surface area contributed by atoms with E-state index in [0.29, 0.717) is 0 Å². The van der Waals surface area contributed by atoms with E-state index in [4.69, 9.17) is 16.1 Å². The highest BCUT2D eigenvalue weighted by Gasteiger charge is 2.09. The molecule has 0 aliphatic heterocycles. The molecule has 1 aromatic heterocycles. The molecule has 2 nitrogen and oxygen atoms in total. The summed E-state index contributed by atoms with van der Waals surface area (Å²) >= 11 is 5.95. The number of aromatic nitrogens is 1. The Morgan fingerprint density at radius 3 is 2.45 bits per heavy atom. The van der Waals surface area contributed by atoms with Gasteiger partial charge in [-0.15, -0.1) is 0 Å². The number of benzene rings is 2. The molecular formula is C19H16ClNO. The van der Waals surface area contributed by atoms with Crippen molar-refractivity contribution in [3.63, 3.8) is 0 Å². The summed E-state index contributed by atoms with van der Waals surface area (Å²) in [6.45, 7) is 1.93. The maximum Gasteiger partial charge on any atom is 0.163 e. The number of allylic oxidation sites excluding steroid dienone is 1. The van der Waals surface area contributed by atoms with Gasteiger partial charge in [0.25, 0.3) is 0 Å². The molecule has 0 amide bonds. The van der Waals surface area contributed by atoms with Crippen molar-refractivity contribution < 1.29 is 4.52 Å². The maximum absolute atomic E-state index is 5.95. The Morgan fingerprint density at radius 1 is 1.09 bits per heavy atom. The lowest BCUT2D eigenvalue weighted by molar-refractivity contribution is 0.405. The molecule has 3 heteroatoms. The molecule has 0 atom stereocenters. The van der Waals surface area contributed by atoms with Gasteiger partial charge in [-0.05, 0) is 36.3 Å². The Bertz CT molecular complexity index is 773. The van der Waals surface area contributed by atoms with Crippen LogP contribution in [0.2, 0.25) is 5.02 Å². The van der Waals surface area contributed by atoms with E-state index in [1.165, 1.54) is 5.56 Å². The summed E-state index contributed by atoms with van der Waals surface area (Å²) in [6, 6.07) is 20.1. The van der Waals surface area contributed by atoms with E-state index in [2.05, 4.69) is 23.4 Å². The Labute approximate surface area is 135 Å². The van der Waals surface area contributed by atoms with Crippen LogP contribution in [0, 0.1) is 6.92 Å². The first-order valence-electron chi connectivity index (χ1n) is 7.14. The van der Waals surface area contributed by atoms with Gasteiger partial charge in [-0.3, -0.25) is 0 Å². The van der Waals surface area contributed by atoms with Gasteiger partial charge in [0.1, 0.15) is 0 Å². The van der Waals surface area contributed by atoms with E-state index in [9.17, 15) is 0 Å². The van der Waals surface area contributed by atoms with Crippen molar-refractivity contribution in [3.8, 4) is 0 Å². The van der Waals surface area contributed by atoms with Crippen LogP contribution in [-0.2, 0) is 6.42 Å². The summed E-state index contributed by atoms with van der Waals surface area (Å²) in [7, 11) is 0. The highest BCUT2D eigenvalue weighted by atomic mass is 35.5. The highest BCUT2D eigenvalue weighted by molar-refractivity contribution is 6.30. The number of rotatable bonds is 4. The molecule has 3 rings (SSSR count). The number of aryl methyl sites for hydroxylation is 1. The summed E-state index contributed by atoms with van der Waals surface area (Å²) in [6.07, 6.45) is 2.90. The van der Waals surface area contributed by atoms with Crippen LogP contribution in [0.25, 0.3) is 11.6 Å². The van der Waals surface area contributed by atoms with Crippen molar-refractivity contribution in [3.05, 3.63) is 88.3 Å². The van der Waals surface area contributed by atoms with Crippen LogP contribution >= 0.6 is 11.6 Å². The third-order valence-electron chi connectivity index (χ3n) is 3.39. The van der Waals surface area contributed by atoms with Gasteiger partial charge in [0, 0.05) is 23.1 Å². The molecule has 1 heterocycles. The molecule has 0 saturated heterocycles. The van der Waals surface area contributed by atoms with Gasteiger partial charge in [0.2, 0.25) is 0 Å². The number of nitrogens with zero attached hydrogens (tertiary/aromatic N) is 1. The van der Waals surface area contributed by atoms with Gasteiger partial charge < -0.3 is 4.52 Å². The molecule has 3 aromatic rings. The molecule has 0 bridgehead atoms. The summed E-state index contributed by atoms with van der Waals surface area (Å²) in [4.78, 5) is 0. The van der Waals surface area contributed by atoms with Crippen LogP contribution in [-0.4, -0.2) is 5.16 Å². The van der Waals surface area contributed by atoms with Crippen molar-refractivity contribution in [2.24, 2.45) is 0 Å². The lowest BCUT2D eigenvalue weighted by Crippen LogP contribution is -1.90. The van der Waals surface area contributed by atoms with Crippen LogP contribution in [0.15, 0.2) is 65.2 Å². The molecule has 0 aliphatic rings. The fraction of sp³-hybridized carbons (Fsp3) is 0.105. The summed E-state index contributed by atoms with van der Waals surface area (Å²) < 4.78 is 5.45. The lowest BCUT2D eigenvalue weighted by atomic mass is 10.0. The molecule has 0 fully saturated rings. The monoisotopic (exact) mass is 309 g/mol. The predicted molar refractivity (Wildman–Crippen MR) is 90.7 cm³/mol. The Balaban J connectivity index is 1.97. The molecule has 2 aromatic carbocycles. The molecule has 0 spiro atoms. The van der Waals surface area contributed by atoms with Gasteiger partial charge in [-0.25, -0.2) is 0 Å². The number of halogens is 1. The average molecular weight is 310 g/mol. The molecule has 0 saturated carbocycles. The first kappa shape index (κ1) is 14.6. The molecular weight excluding hydrogens is 294 g/mol. The number of hydrogen-bond donors (Lipinski definition) is 0. The van der Waals surface area contributed by atoms with Crippen molar-refractivity contribution >= 4 is 23.3 Å². The molecule has 110 valence electrons. The fourth-order valence-electron chi connectivity index (χ4n) is 2.30. The number of hydrogen-bond acceptors (Lipinski definition) is 2. The first-order valence-corrected chi connectivity index (χ1v) is 7.52. The maximum atomic E-state index is 5.95. The third-order valence-corrected chi connectivity index (χ3v) is 3.64. The summed E-state index contributed by atoms with van der Waals surface area (Å²) in [5.41, 5.74) is 4.29. The zero-order valence-corrected chi connectivity index (χ0v) is 13.0. The fourth-order valence-corrected chi connectivity index (χ4v) is 2.43. The molecule has 0 radical (unpaired) electrons. The van der Waals surface area contributed by atoms with Crippen LogP contribution < -0.4 is 0 Å². The first-order chi connectivity index (χ1) is 10.7. The lowest BCUT2D eigenvalue weighted by Gasteiger charge is -2.05. The second kappa shape index (κ2) is 6.63. The van der Waals surface area contributed by atoms with Crippen molar-refractivity contribution in [2.75, 3.05) is 0 Å². The smallest absolute Gasteiger partial charge is 0.163 e. The third kappa shape index (κ3) is 3.66. The van der Waals surface area contributed by atoms with Gasteiger partial charge in [-0.2, -0.15) is 0 Å². The van der Waals surface area contributed by atoms with Crippen LogP contribution in [0.5, 0.6) is 0 Å². The predicted octanol–water partition coefficient (Wildman–Crippen LogP) is 5.42. The van der Waals surface area contributed by atoms with Gasteiger partial charge >= 0.3 is 0 Å². The quantitative estimate of drug-likeness (QED) is 0.643. The minimum atomic E-state index is 0.734. The van der Waals surface area contributed by atoms with E-state index in [1.54, 1.807) is 0 Å². The highest BCUT2D eigenvalue weighted by Crippen LogP contribution is 2.24. The average Bonchev–Trinajstić information content (AvgIpc) is 2.96. The summed E-state index contributed by atoms with van der Waals surface area (Å²) in [5, 5.41) is 4.73.